The minimum Gasteiger partial charge on any atom is -0.470 e. The van der Waals surface area contributed by atoms with Gasteiger partial charge in [0.1, 0.15) is 6.61 Å². The predicted octanol–water partition coefficient (Wildman–Crippen LogP) is 3.56. The second-order valence-corrected chi connectivity index (χ2v) is 17.1. The first kappa shape index (κ1) is 49.1. The number of aromatic nitrogens is 2. The molecule has 3 amide bonds. The molecule has 0 bridgehead atoms. The number of dihydropyridines is 1. The van der Waals surface area contributed by atoms with Crippen LogP contribution in [0.3, 0.4) is 0 Å². The van der Waals surface area contributed by atoms with Gasteiger partial charge in [-0.3, -0.25) is 24.0 Å². The number of hydrogen-bond acceptors (Lipinski definition) is 16. The van der Waals surface area contributed by atoms with Gasteiger partial charge in [-0.1, -0.05) is 19.9 Å². The number of ketones is 1. The molecule has 0 spiro atoms. The molecule has 0 aliphatic carbocycles. The summed E-state index contributed by atoms with van der Waals surface area (Å²) in [5.41, 5.74) is 4.39. The van der Waals surface area contributed by atoms with E-state index in [0.717, 1.165) is 49.1 Å². The van der Waals surface area contributed by atoms with Crippen molar-refractivity contribution in [2.45, 2.75) is 79.9 Å². The molecule has 0 saturated carbocycles. The van der Waals surface area contributed by atoms with Crippen LogP contribution in [-0.4, -0.2) is 138 Å². The molecule has 1 aromatic heterocycles. The Morgan fingerprint density at radius 3 is 2.47 bits per heavy atom. The van der Waals surface area contributed by atoms with E-state index in [2.05, 4.69) is 43.4 Å². The first-order valence-corrected chi connectivity index (χ1v) is 22.2. The number of nitrogens with zero attached hydrogens (tertiary/aromatic N) is 5. The Labute approximate surface area is 378 Å². The number of ether oxygens (including phenoxy) is 4. The number of likely N-dealkylation sites (N-methyl/N-ethyl adjacent to an activating group) is 1. The highest BCUT2D eigenvalue weighted by atomic mass is 32.1. The second-order valence-electron chi connectivity index (χ2n) is 16.6. The molecule has 4 heterocycles. The smallest absolute Gasteiger partial charge is 0.331 e. The van der Waals surface area contributed by atoms with Crippen LogP contribution < -0.4 is 25.6 Å². The van der Waals surface area contributed by atoms with E-state index in [1.54, 1.807) is 45.0 Å². The van der Waals surface area contributed by atoms with Gasteiger partial charge in [-0.05, 0) is 83.1 Å². The van der Waals surface area contributed by atoms with Crippen LogP contribution in [0.2, 0.25) is 0 Å². The number of fused-ring (bicyclic) bond motifs is 1. The maximum Gasteiger partial charge on any atom is 0.331 e. The summed E-state index contributed by atoms with van der Waals surface area (Å²) in [4.78, 5) is 83.2. The molecule has 3 N–H and O–H groups in total. The van der Waals surface area contributed by atoms with Crippen molar-refractivity contribution in [2.75, 3.05) is 82.5 Å². The van der Waals surface area contributed by atoms with Gasteiger partial charge >= 0.3 is 11.9 Å². The van der Waals surface area contributed by atoms with E-state index in [1.807, 2.05) is 18.7 Å². The van der Waals surface area contributed by atoms with Crippen molar-refractivity contribution in [1.29, 1.82) is 0 Å². The maximum absolute atomic E-state index is 13.3. The number of carbonyl (C=O) groups is 6. The number of esters is 2. The molecule has 19 heteroatoms. The zero-order chi connectivity index (χ0) is 46.6. The largest absolute Gasteiger partial charge is 0.470 e. The third kappa shape index (κ3) is 13.5. The number of nitrogens with one attached hydrogen (secondary N) is 3. The Balaban J connectivity index is 1.25. The van der Waals surface area contributed by atoms with E-state index in [0.29, 0.717) is 84.4 Å². The van der Waals surface area contributed by atoms with Crippen molar-refractivity contribution in [1.82, 2.24) is 29.2 Å². The molecule has 18 nitrogen and oxygen atoms in total. The highest BCUT2D eigenvalue weighted by Crippen LogP contribution is 2.35. The lowest BCUT2D eigenvalue weighted by atomic mass is 9.95. The molecule has 3 aliphatic heterocycles. The fourth-order valence-electron chi connectivity index (χ4n) is 7.24. The van der Waals surface area contributed by atoms with Crippen LogP contribution in [0.1, 0.15) is 72.9 Å². The molecule has 1 atom stereocenters. The van der Waals surface area contributed by atoms with Gasteiger partial charge in [-0.25, -0.2) is 4.79 Å². The van der Waals surface area contributed by atoms with Crippen LogP contribution in [0, 0.1) is 0 Å². The van der Waals surface area contributed by atoms with Gasteiger partial charge in [0.2, 0.25) is 11.7 Å². The van der Waals surface area contributed by atoms with Crippen molar-refractivity contribution in [3.63, 3.8) is 0 Å². The predicted molar refractivity (Wildman–Crippen MR) is 241 cm³/mol. The van der Waals surface area contributed by atoms with Crippen LogP contribution in [0.25, 0.3) is 5.57 Å². The number of morpholine rings is 1. The molecule has 64 heavy (non-hydrogen) atoms. The molecule has 346 valence electrons. The van der Waals surface area contributed by atoms with Crippen LogP contribution >= 0.6 is 11.7 Å². The standard InChI is InChI=1S/C45H60N8O10S/c1-9-51(10-2)16-15-46-42(58)34-21-28(3)38(47-29(34)4)24-36-35-23-31(11-13-37(35)48-43(36)59)22-32(55)12-14-40(57)63-33(25-53(45(6,7)8)39(56)27-61-30(5)54)26-62-44-41(49-64-50-44)52-17-19-60-20-18-52/h11-14,23-24,33,47H,9-10,15-22,25-27H2,1-8H3,(H,46,58)(H,48,59)/b14-12+,36-24-/t33-/m0/s1. The van der Waals surface area contributed by atoms with Gasteiger partial charge < -0.3 is 49.6 Å². The minimum absolute atomic E-state index is 0.0801. The number of hydrogen-bond donors (Lipinski definition) is 3. The molecule has 1 fully saturated rings. The van der Waals surface area contributed by atoms with Crippen molar-refractivity contribution in [2.24, 2.45) is 0 Å². The van der Waals surface area contributed by atoms with Gasteiger partial charge in [0, 0.05) is 85.8 Å². The van der Waals surface area contributed by atoms with Gasteiger partial charge in [0.05, 0.1) is 37.1 Å². The Bertz CT molecular complexity index is 2200. The topological polar surface area (TPSA) is 211 Å². The molecule has 1 aromatic carbocycles. The summed E-state index contributed by atoms with van der Waals surface area (Å²) >= 11 is 0.969. The summed E-state index contributed by atoms with van der Waals surface area (Å²) in [5, 5.41) is 9.22. The lowest BCUT2D eigenvalue weighted by Crippen LogP contribution is -2.52. The van der Waals surface area contributed by atoms with Crippen molar-refractivity contribution in [3.8, 4) is 5.88 Å². The number of rotatable bonds is 20. The molecule has 5 rings (SSSR count). The molecule has 0 unspecified atom stereocenters. The zero-order valence-corrected chi connectivity index (χ0v) is 38.8. The van der Waals surface area contributed by atoms with Crippen LogP contribution in [0.4, 0.5) is 11.5 Å². The van der Waals surface area contributed by atoms with Gasteiger partial charge in [-0.2, -0.15) is 4.37 Å². The number of allylic oxidation sites excluding steroid dienone is 4. The average Bonchev–Trinajstić information content (AvgIpc) is 3.85. The van der Waals surface area contributed by atoms with E-state index in [1.165, 1.54) is 11.8 Å². The number of carbonyl (C=O) groups excluding carboxylic acids is 6. The third-order valence-electron chi connectivity index (χ3n) is 10.8. The van der Waals surface area contributed by atoms with Crippen molar-refractivity contribution >= 4 is 64.2 Å². The summed E-state index contributed by atoms with van der Waals surface area (Å²) in [6.45, 7) is 19.0. The average molecular weight is 905 g/mol. The Kier molecular flexibility index (Phi) is 17.4. The number of benzene rings is 1. The van der Waals surface area contributed by atoms with E-state index in [9.17, 15) is 28.8 Å². The van der Waals surface area contributed by atoms with Gasteiger partial charge in [0.15, 0.2) is 18.5 Å². The third-order valence-corrected chi connectivity index (χ3v) is 11.3. The fraction of sp³-hybridized carbons (Fsp3) is 0.511. The molecule has 0 radical (unpaired) electrons. The summed E-state index contributed by atoms with van der Waals surface area (Å²) in [6, 6.07) is 5.22. The molecular weight excluding hydrogens is 845 g/mol. The van der Waals surface area contributed by atoms with Crippen molar-refractivity contribution in [3.05, 3.63) is 70.1 Å². The molecule has 1 saturated heterocycles. The van der Waals surface area contributed by atoms with E-state index < -0.39 is 41.9 Å². The highest BCUT2D eigenvalue weighted by molar-refractivity contribution is 6.99. The normalized spacial score (nSPS) is 16.4. The van der Waals surface area contributed by atoms with E-state index in [-0.39, 0.29) is 37.3 Å². The molecular formula is C45H60N8O10S. The first-order valence-electron chi connectivity index (χ1n) is 21.4. The molecule has 3 aliphatic rings. The number of amides is 3. The van der Waals surface area contributed by atoms with E-state index in [4.69, 9.17) is 18.9 Å². The monoisotopic (exact) mass is 904 g/mol. The van der Waals surface area contributed by atoms with Crippen LogP contribution in [0.15, 0.2) is 59.0 Å². The van der Waals surface area contributed by atoms with Gasteiger partial charge in [-0.15, -0.1) is 4.37 Å². The Hall–Kier alpha value is -5.92. The lowest BCUT2D eigenvalue weighted by molar-refractivity contribution is -0.157. The lowest BCUT2D eigenvalue weighted by Gasteiger charge is -2.37. The van der Waals surface area contributed by atoms with Crippen LogP contribution in [0.5, 0.6) is 5.88 Å². The van der Waals surface area contributed by atoms with E-state index >= 15 is 0 Å². The van der Waals surface area contributed by atoms with Crippen molar-refractivity contribution < 1.29 is 47.7 Å². The summed E-state index contributed by atoms with van der Waals surface area (Å²) in [7, 11) is 0. The first-order chi connectivity index (χ1) is 30.5. The van der Waals surface area contributed by atoms with Crippen LogP contribution in [-0.2, 0) is 49.4 Å². The summed E-state index contributed by atoms with van der Waals surface area (Å²) < 4.78 is 30.9. The van der Waals surface area contributed by atoms with Gasteiger partial charge in [0.25, 0.3) is 17.7 Å². The summed E-state index contributed by atoms with van der Waals surface area (Å²) in [5.74, 6) is -2.04. The summed E-state index contributed by atoms with van der Waals surface area (Å²) in [6.07, 6.45) is 3.20. The molecule has 2 aromatic rings. The quantitative estimate of drug-likeness (QED) is 0.128. The Morgan fingerprint density at radius 1 is 1.05 bits per heavy atom. The second kappa shape index (κ2) is 22.6. The minimum atomic E-state index is -1.04. The zero-order valence-electron chi connectivity index (χ0n) is 38.0. The maximum atomic E-state index is 13.3. The number of anilines is 2. The highest BCUT2D eigenvalue weighted by Gasteiger charge is 2.32. The Morgan fingerprint density at radius 2 is 1.78 bits per heavy atom. The fourth-order valence-corrected chi connectivity index (χ4v) is 7.76. The SMILES string of the molecule is CCN(CC)CCNC(=O)C1=C(C)NC(/C=C2\C(=O)Nc3ccc(CC(=O)/C=C/C(=O)O[C@H](COc4nsnc4N4CCOCC4)CN(C(=O)COC(C)=O)C(C)(C)C)cc32)=C(C)C1.